The van der Waals surface area contributed by atoms with Crippen molar-refractivity contribution in [3.63, 3.8) is 0 Å². The van der Waals surface area contributed by atoms with Crippen LogP contribution in [-0.4, -0.2) is 45.6 Å². The first kappa shape index (κ1) is 25.9. The molecule has 0 saturated carbocycles. The van der Waals surface area contributed by atoms with Gasteiger partial charge in [0, 0.05) is 18.8 Å². The van der Waals surface area contributed by atoms with Gasteiger partial charge in [0.15, 0.2) is 11.4 Å². The van der Waals surface area contributed by atoms with E-state index in [9.17, 15) is 27.2 Å². The summed E-state index contributed by atoms with van der Waals surface area (Å²) in [5.74, 6) is -1.84. The largest absolute Gasteiger partial charge is 0.483 e. The molecule has 35 heavy (non-hydrogen) atoms. The number of nitrogens with zero attached hydrogens (tertiary/aromatic N) is 3. The molecule has 0 aromatic carbocycles. The van der Waals surface area contributed by atoms with Gasteiger partial charge in [-0.2, -0.15) is 13.2 Å². The van der Waals surface area contributed by atoms with Crippen molar-refractivity contribution in [3.05, 3.63) is 59.1 Å². The van der Waals surface area contributed by atoms with Crippen molar-refractivity contribution >= 4 is 17.5 Å². The Bertz CT molecular complexity index is 1230. The number of pyridine rings is 2. The van der Waals surface area contributed by atoms with E-state index in [1.807, 2.05) is 0 Å². The standard InChI is InChI=1S/C23H24F4N4O4/c1-13-10-18(35-12-17-15(24)6-5-9-28-17)20-29-14(2)19(31(20)11-13)21(32)30-16(22(33)34-3)7-4-8-23(25,26)27/h5-6,9-11,16H,4,7-8,12H2,1-3H3,(H,30,32)/t16-/m0/s1. The summed E-state index contributed by atoms with van der Waals surface area (Å²) in [6.07, 6.45) is -3.04. The topological polar surface area (TPSA) is 94.8 Å². The molecule has 0 spiro atoms. The van der Waals surface area contributed by atoms with E-state index in [1.165, 1.54) is 22.7 Å². The number of esters is 1. The van der Waals surface area contributed by atoms with Crippen LogP contribution in [-0.2, 0) is 16.1 Å². The second-order valence-corrected chi connectivity index (χ2v) is 7.90. The van der Waals surface area contributed by atoms with Gasteiger partial charge >= 0.3 is 12.1 Å². The fraction of sp³-hybridized carbons (Fsp3) is 0.391. The molecule has 3 rings (SSSR count). The maximum absolute atomic E-state index is 13.9. The fourth-order valence-corrected chi connectivity index (χ4v) is 3.53. The van der Waals surface area contributed by atoms with Gasteiger partial charge in [-0.3, -0.25) is 14.2 Å². The number of hydrogen-bond donors (Lipinski definition) is 1. The quantitative estimate of drug-likeness (QED) is 0.355. The number of fused-ring (bicyclic) bond motifs is 1. The number of alkyl halides is 3. The van der Waals surface area contributed by atoms with Crippen molar-refractivity contribution in [3.8, 4) is 5.75 Å². The van der Waals surface area contributed by atoms with Gasteiger partial charge in [-0.15, -0.1) is 0 Å². The average molecular weight is 496 g/mol. The summed E-state index contributed by atoms with van der Waals surface area (Å²) in [5.41, 5.74) is 1.41. The zero-order valence-electron chi connectivity index (χ0n) is 19.3. The summed E-state index contributed by atoms with van der Waals surface area (Å²) in [6.45, 7) is 3.14. The molecule has 1 atom stereocenters. The van der Waals surface area contributed by atoms with Gasteiger partial charge in [-0.1, -0.05) is 0 Å². The lowest BCUT2D eigenvalue weighted by molar-refractivity contribution is -0.145. The highest BCUT2D eigenvalue weighted by atomic mass is 19.4. The lowest BCUT2D eigenvalue weighted by Crippen LogP contribution is -2.42. The Morgan fingerprint density at radius 1 is 1.26 bits per heavy atom. The van der Waals surface area contributed by atoms with Crippen LogP contribution < -0.4 is 10.1 Å². The maximum Gasteiger partial charge on any atom is 0.389 e. The van der Waals surface area contributed by atoms with Crippen LogP contribution in [0.15, 0.2) is 30.6 Å². The van der Waals surface area contributed by atoms with Crippen LogP contribution in [0.3, 0.4) is 0 Å². The highest BCUT2D eigenvalue weighted by molar-refractivity contribution is 5.97. The molecule has 1 N–H and O–H groups in total. The smallest absolute Gasteiger partial charge is 0.389 e. The predicted molar refractivity (Wildman–Crippen MR) is 116 cm³/mol. The first-order chi connectivity index (χ1) is 16.5. The van der Waals surface area contributed by atoms with Crippen LogP contribution in [0.1, 0.15) is 46.7 Å². The number of rotatable bonds is 9. The van der Waals surface area contributed by atoms with Gasteiger partial charge in [0.2, 0.25) is 0 Å². The minimum Gasteiger partial charge on any atom is -0.483 e. The molecule has 3 aromatic rings. The highest BCUT2D eigenvalue weighted by Crippen LogP contribution is 2.26. The third-order valence-electron chi connectivity index (χ3n) is 5.16. The average Bonchev–Trinajstić information content (AvgIpc) is 3.12. The summed E-state index contributed by atoms with van der Waals surface area (Å²) >= 11 is 0. The van der Waals surface area contributed by atoms with Crippen LogP contribution in [0.25, 0.3) is 5.65 Å². The molecule has 3 aromatic heterocycles. The molecule has 0 unspecified atom stereocenters. The second-order valence-electron chi connectivity index (χ2n) is 7.90. The Labute approximate surface area is 198 Å². The molecule has 0 saturated heterocycles. The summed E-state index contributed by atoms with van der Waals surface area (Å²) < 4.78 is 63.3. The number of imidazole rings is 1. The van der Waals surface area contributed by atoms with E-state index in [0.717, 1.165) is 7.11 Å². The van der Waals surface area contributed by atoms with Crippen LogP contribution in [0, 0.1) is 19.7 Å². The van der Waals surface area contributed by atoms with E-state index in [4.69, 9.17) is 4.74 Å². The molecule has 0 aliphatic rings. The lowest BCUT2D eigenvalue weighted by Gasteiger charge is -2.17. The first-order valence-electron chi connectivity index (χ1n) is 10.7. The lowest BCUT2D eigenvalue weighted by atomic mass is 10.1. The number of methoxy groups -OCH3 is 1. The molecular weight excluding hydrogens is 472 g/mol. The van der Waals surface area contributed by atoms with Crippen LogP contribution in [0.2, 0.25) is 0 Å². The monoisotopic (exact) mass is 496 g/mol. The Hall–Kier alpha value is -3.70. The van der Waals surface area contributed by atoms with Gasteiger partial charge in [0.05, 0.1) is 12.8 Å². The molecule has 188 valence electrons. The summed E-state index contributed by atoms with van der Waals surface area (Å²) in [7, 11) is 1.09. The number of aryl methyl sites for hydroxylation is 2. The fourth-order valence-electron chi connectivity index (χ4n) is 3.53. The van der Waals surface area contributed by atoms with Crippen molar-refractivity contribution in [1.82, 2.24) is 19.7 Å². The van der Waals surface area contributed by atoms with E-state index in [2.05, 4.69) is 20.0 Å². The predicted octanol–water partition coefficient (Wildman–Crippen LogP) is 4.07. The molecule has 0 aliphatic carbocycles. The molecular formula is C23H24F4N4O4. The molecule has 0 fully saturated rings. The normalized spacial score (nSPS) is 12.4. The number of ether oxygens (including phenoxy) is 2. The van der Waals surface area contributed by atoms with Crippen molar-refractivity contribution in [2.45, 2.75) is 51.9 Å². The van der Waals surface area contributed by atoms with Crippen molar-refractivity contribution < 1.29 is 36.6 Å². The van der Waals surface area contributed by atoms with Crippen molar-refractivity contribution in [1.29, 1.82) is 0 Å². The molecule has 3 heterocycles. The Balaban J connectivity index is 1.86. The van der Waals surface area contributed by atoms with Gasteiger partial charge in [-0.25, -0.2) is 14.2 Å². The molecule has 0 aliphatic heterocycles. The number of carbonyl (C=O) groups is 2. The van der Waals surface area contributed by atoms with E-state index in [-0.39, 0.29) is 42.2 Å². The summed E-state index contributed by atoms with van der Waals surface area (Å²) in [6, 6.07) is 3.11. The second kappa shape index (κ2) is 10.7. The van der Waals surface area contributed by atoms with E-state index >= 15 is 0 Å². The van der Waals surface area contributed by atoms with E-state index < -0.39 is 36.3 Å². The summed E-state index contributed by atoms with van der Waals surface area (Å²) in [4.78, 5) is 33.5. The van der Waals surface area contributed by atoms with Crippen molar-refractivity contribution in [2.24, 2.45) is 0 Å². The van der Waals surface area contributed by atoms with Gasteiger partial charge in [0.1, 0.15) is 29.9 Å². The SMILES string of the molecule is COC(=O)[C@H](CCCC(F)(F)F)NC(=O)c1c(C)nc2c(OCc3ncccc3F)cc(C)cn12. The van der Waals surface area contributed by atoms with Crippen LogP contribution in [0.4, 0.5) is 17.6 Å². The molecule has 0 radical (unpaired) electrons. The zero-order chi connectivity index (χ0) is 25.8. The van der Waals surface area contributed by atoms with E-state index in [1.54, 1.807) is 26.1 Å². The molecule has 8 nitrogen and oxygen atoms in total. The van der Waals surface area contributed by atoms with E-state index in [0.29, 0.717) is 11.3 Å². The number of halogens is 4. The van der Waals surface area contributed by atoms with Gasteiger partial charge < -0.3 is 14.8 Å². The molecule has 0 bridgehead atoms. The summed E-state index contributed by atoms with van der Waals surface area (Å²) in [5, 5.41) is 2.45. The first-order valence-corrected chi connectivity index (χ1v) is 10.7. The molecule has 12 heteroatoms. The number of carbonyl (C=O) groups excluding carboxylic acids is 2. The zero-order valence-corrected chi connectivity index (χ0v) is 19.3. The van der Waals surface area contributed by atoms with Crippen LogP contribution >= 0.6 is 0 Å². The maximum atomic E-state index is 13.9. The number of amides is 1. The number of aromatic nitrogens is 3. The number of hydrogen-bond acceptors (Lipinski definition) is 6. The highest BCUT2D eigenvalue weighted by Gasteiger charge is 2.30. The van der Waals surface area contributed by atoms with Gasteiger partial charge in [0.25, 0.3) is 5.91 Å². The van der Waals surface area contributed by atoms with Crippen molar-refractivity contribution in [2.75, 3.05) is 7.11 Å². The van der Waals surface area contributed by atoms with Crippen LogP contribution in [0.5, 0.6) is 5.75 Å². The third kappa shape index (κ3) is 6.46. The number of nitrogens with one attached hydrogen (secondary N) is 1. The minimum absolute atomic E-state index is 0.0716. The Kier molecular flexibility index (Phi) is 7.92. The molecule has 1 amide bonds. The Morgan fingerprint density at radius 3 is 2.66 bits per heavy atom. The van der Waals surface area contributed by atoms with Gasteiger partial charge in [-0.05, 0) is 50.5 Å². The third-order valence-corrected chi connectivity index (χ3v) is 5.16. The minimum atomic E-state index is -4.38. The Morgan fingerprint density at radius 2 is 2.00 bits per heavy atom.